The van der Waals surface area contributed by atoms with Crippen molar-refractivity contribution >= 4 is 5.97 Å². The monoisotopic (exact) mass is 226 g/mol. The lowest BCUT2D eigenvalue weighted by Gasteiger charge is -2.37. The van der Waals surface area contributed by atoms with Crippen LogP contribution in [-0.2, 0) is 9.53 Å². The SMILES string of the molecule is CNC1CC(CC(=O)OC)CN(C2CC2)C1. The number of hydrogen-bond donors (Lipinski definition) is 1. The van der Waals surface area contributed by atoms with Gasteiger partial charge in [-0.25, -0.2) is 0 Å². The van der Waals surface area contributed by atoms with Crippen LogP contribution in [0.1, 0.15) is 25.7 Å². The Morgan fingerprint density at radius 1 is 1.44 bits per heavy atom. The predicted molar refractivity (Wildman–Crippen MR) is 62.2 cm³/mol. The zero-order valence-corrected chi connectivity index (χ0v) is 10.2. The number of carbonyl (C=O) groups excluding carboxylic acids is 1. The number of nitrogens with one attached hydrogen (secondary N) is 1. The first-order valence-corrected chi connectivity index (χ1v) is 6.21. The lowest BCUT2D eigenvalue weighted by Crippen LogP contribution is -2.49. The molecule has 2 fully saturated rings. The molecule has 2 rings (SSSR count). The molecule has 92 valence electrons. The lowest BCUT2D eigenvalue weighted by molar-refractivity contribution is -0.142. The maximum Gasteiger partial charge on any atom is 0.305 e. The molecular formula is C12H22N2O2. The molecule has 4 heteroatoms. The van der Waals surface area contributed by atoms with Crippen molar-refractivity contribution in [2.45, 2.75) is 37.8 Å². The third-order valence-electron chi connectivity index (χ3n) is 3.72. The molecule has 4 nitrogen and oxygen atoms in total. The number of methoxy groups -OCH3 is 1. The highest BCUT2D eigenvalue weighted by Gasteiger charge is 2.36. The van der Waals surface area contributed by atoms with E-state index in [-0.39, 0.29) is 5.97 Å². The number of piperidine rings is 1. The molecule has 1 saturated carbocycles. The minimum absolute atomic E-state index is 0.0718. The number of likely N-dealkylation sites (N-methyl/N-ethyl adjacent to an activating group) is 1. The van der Waals surface area contributed by atoms with Crippen LogP contribution >= 0.6 is 0 Å². The van der Waals surface area contributed by atoms with E-state index in [4.69, 9.17) is 4.74 Å². The summed E-state index contributed by atoms with van der Waals surface area (Å²) in [7, 11) is 3.48. The van der Waals surface area contributed by atoms with Crippen molar-refractivity contribution in [1.29, 1.82) is 0 Å². The van der Waals surface area contributed by atoms with Gasteiger partial charge in [-0.3, -0.25) is 9.69 Å². The molecule has 2 atom stereocenters. The average molecular weight is 226 g/mol. The van der Waals surface area contributed by atoms with E-state index >= 15 is 0 Å². The van der Waals surface area contributed by atoms with Crippen molar-refractivity contribution in [2.75, 3.05) is 27.2 Å². The van der Waals surface area contributed by atoms with Gasteiger partial charge in [-0.1, -0.05) is 0 Å². The highest BCUT2D eigenvalue weighted by molar-refractivity contribution is 5.69. The van der Waals surface area contributed by atoms with Gasteiger partial charge < -0.3 is 10.1 Å². The number of ether oxygens (including phenoxy) is 1. The molecule has 0 spiro atoms. The number of nitrogens with zero attached hydrogens (tertiary/aromatic N) is 1. The lowest BCUT2D eigenvalue weighted by atomic mass is 9.91. The van der Waals surface area contributed by atoms with Gasteiger partial charge in [-0.15, -0.1) is 0 Å². The van der Waals surface area contributed by atoms with Crippen LogP contribution in [-0.4, -0.2) is 50.2 Å². The van der Waals surface area contributed by atoms with Gasteiger partial charge in [0.2, 0.25) is 0 Å². The largest absolute Gasteiger partial charge is 0.469 e. The van der Waals surface area contributed by atoms with E-state index in [9.17, 15) is 4.79 Å². The second-order valence-corrected chi connectivity index (χ2v) is 5.05. The second kappa shape index (κ2) is 5.15. The van der Waals surface area contributed by atoms with Crippen molar-refractivity contribution in [3.05, 3.63) is 0 Å². The van der Waals surface area contributed by atoms with E-state index in [0.29, 0.717) is 18.4 Å². The molecule has 0 aromatic carbocycles. The summed E-state index contributed by atoms with van der Waals surface area (Å²) < 4.78 is 4.76. The molecule has 0 amide bonds. The first-order valence-electron chi connectivity index (χ1n) is 6.21. The van der Waals surface area contributed by atoms with Gasteiger partial charge in [-0.2, -0.15) is 0 Å². The number of esters is 1. The van der Waals surface area contributed by atoms with E-state index in [0.717, 1.165) is 25.6 Å². The van der Waals surface area contributed by atoms with Crippen molar-refractivity contribution in [1.82, 2.24) is 10.2 Å². The molecule has 1 aliphatic heterocycles. The first kappa shape index (κ1) is 11.9. The molecule has 1 N–H and O–H groups in total. The standard InChI is InChI=1S/C12H22N2O2/c1-13-10-5-9(6-12(15)16-2)7-14(8-10)11-3-4-11/h9-11,13H,3-8H2,1-2H3. The zero-order chi connectivity index (χ0) is 11.5. The molecule has 2 unspecified atom stereocenters. The highest BCUT2D eigenvalue weighted by Crippen LogP contribution is 2.32. The Bertz CT molecular complexity index is 253. The third-order valence-corrected chi connectivity index (χ3v) is 3.72. The summed E-state index contributed by atoms with van der Waals surface area (Å²) in [5, 5.41) is 3.34. The smallest absolute Gasteiger partial charge is 0.305 e. The number of rotatable bonds is 4. The Hall–Kier alpha value is -0.610. The molecule has 1 heterocycles. The molecule has 16 heavy (non-hydrogen) atoms. The van der Waals surface area contributed by atoms with Crippen LogP contribution in [0, 0.1) is 5.92 Å². The van der Waals surface area contributed by atoms with Gasteiger partial charge in [0.1, 0.15) is 0 Å². The summed E-state index contributed by atoms with van der Waals surface area (Å²) in [6.45, 7) is 2.21. The molecular weight excluding hydrogens is 204 g/mol. The molecule has 0 radical (unpaired) electrons. The van der Waals surface area contributed by atoms with E-state index in [1.54, 1.807) is 0 Å². The summed E-state index contributed by atoms with van der Waals surface area (Å²) in [5.74, 6) is 0.386. The Morgan fingerprint density at radius 3 is 2.75 bits per heavy atom. The van der Waals surface area contributed by atoms with E-state index in [1.165, 1.54) is 20.0 Å². The van der Waals surface area contributed by atoms with Crippen molar-refractivity contribution in [2.24, 2.45) is 5.92 Å². The third kappa shape index (κ3) is 2.95. The number of likely N-dealkylation sites (tertiary alicyclic amines) is 1. The van der Waals surface area contributed by atoms with Crippen LogP contribution < -0.4 is 5.32 Å². The summed E-state index contributed by atoms with van der Waals surface area (Å²) in [4.78, 5) is 13.8. The summed E-state index contributed by atoms with van der Waals surface area (Å²) in [6.07, 6.45) is 4.33. The minimum atomic E-state index is -0.0718. The second-order valence-electron chi connectivity index (χ2n) is 5.05. The zero-order valence-electron chi connectivity index (χ0n) is 10.2. The normalized spacial score (nSPS) is 31.4. The van der Waals surface area contributed by atoms with E-state index < -0.39 is 0 Å². The van der Waals surface area contributed by atoms with Crippen molar-refractivity contribution < 1.29 is 9.53 Å². The van der Waals surface area contributed by atoms with Gasteiger partial charge in [-0.05, 0) is 32.2 Å². The summed E-state index contributed by atoms with van der Waals surface area (Å²) in [6, 6.07) is 1.32. The average Bonchev–Trinajstić information content (AvgIpc) is 3.12. The van der Waals surface area contributed by atoms with Gasteiger partial charge in [0.15, 0.2) is 0 Å². The van der Waals surface area contributed by atoms with E-state index in [2.05, 4.69) is 10.2 Å². The maximum atomic E-state index is 11.3. The van der Waals surface area contributed by atoms with Crippen LogP contribution in [0.25, 0.3) is 0 Å². The van der Waals surface area contributed by atoms with Crippen LogP contribution in [0.4, 0.5) is 0 Å². The van der Waals surface area contributed by atoms with Gasteiger partial charge >= 0.3 is 5.97 Å². The van der Waals surface area contributed by atoms with Crippen LogP contribution in [0.3, 0.4) is 0 Å². The van der Waals surface area contributed by atoms with E-state index in [1.807, 2.05) is 7.05 Å². The Labute approximate surface area is 97.3 Å². The van der Waals surface area contributed by atoms with Gasteiger partial charge in [0.25, 0.3) is 0 Å². The van der Waals surface area contributed by atoms with Crippen LogP contribution in [0.2, 0.25) is 0 Å². The molecule has 2 aliphatic rings. The van der Waals surface area contributed by atoms with Crippen LogP contribution in [0.15, 0.2) is 0 Å². The minimum Gasteiger partial charge on any atom is -0.469 e. The topological polar surface area (TPSA) is 41.6 Å². The molecule has 0 aromatic heterocycles. The van der Waals surface area contributed by atoms with Crippen molar-refractivity contribution in [3.8, 4) is 0 Å². The molecule has 0 aromatic rings. The fourth-order valence-corrected chi connectivity index (χ4v) is 2.65. The number of carbonyl (C=O) groups is 1. The van der Waals surface area contributed by atoms with Crippen LogP contribution in [0.5, 0.6) is 0 Å². The molecule has 1 saturated heterocycles. The summed E-state index contributed by atoms with van der Waals surface area (Å²) >= 11 is 0. The first-order chi connectivity index (χ1) is 7.72. The Kier molecular flexibility index (Phi) is 3.82. The Balaban J connectivity index is 1.88. The fourth-order valence-electron chi connectivity index (χ4n) is 2.65. The van der Waals surface area contributed by atoms with Crippen molar-refractivity contribution in [3.63, 3.8) is 0 Å². The maximum absolute atomic E-state index is 11.3. The molecule has 1 aliphatic carbocycles. The molecule has 0 bridgehead atoms. The predicted octanol–water partition coefficient (Wildman–Crippen LogP) is 0.622. The number of hydrogen-bond acceptors (Lipinski definition) is 4. The Morgan fingerprint density at radius 2 is 2.19 bits per heavy atom. The highest BCUT2D eigenvalue weighted by atomic mass is 16.5. The van der Waals surface area contributed by atoms with Gasteiger partial charge in [0.05, 0.1) is 7.11 Å². The summed E-state index contributed by atoms with van der Waals surface area (Å²) in [5.41, 5.74) is 0. The quantitative estimate of drug-likeness (QED) is 0.714. The van der Waals surface area contributed by atoms with Gasteiger partial charge in [0, 0.05) is 31.6 Å². The fraction of sp³-hybridized carbons (Fsp3) is 0.917.